The Morgan fingerprint density at radius 2 is 2.00 bits per heavy atom. The van der Waals surface area contributed by atoms with Crippen LogP contribution < -0.4 is 10.6 Å². The number of amides is 2. The normalized spacial score (nSPS) is 18.4. The van der Waals surface area contributed by atoms with Crippen molar-refractivity contribution in [2.45, 2.75) is 44.1 Å². The Labute approximate surface area is 162 Å². The van der Waals surface area contributed by atoms with Crippen molar-refractivity contribution in [2.75, 3.05) is 5.32 Å². The van der Waals surface area contributed by atoms with E-state index in [1.54, 1.807) is 6.20 Å². The number of rotatable bonds is 4. The van der Waals surface area contributed by atoms with Crippen LogP contribution >= 0.6 is 0 Å². The highest BCUT2D eigenvalue weighted by molar-refractivity contribution is 5.93. The number of carbonyl (C=O) groups excluding carboxylic acids is 1. The summed E-state index contributed by atoms with van der Waals surface area (Å²) in [4.78, 5) is 21.7. The molecule has 2 heterocycles. The van der Waals surface area contributed by atoms with Crippen molar-refractivity contribution in [3.05, 3.63) is 59.7 Å². The molecule has 2 aliphatic rings. The Hall–Kier alpha value is -3.22. The van der Waals surface area contributed by atoms with Gasteiger partial charge in [-0.15, -0.1) is 0 Å². The van der Waals surface area contributed by atoms with Crippen LogP contribution in [0.2, 0.25) is 0 Å². The van der Waals surface area contributed by atoms with Gasteiger partial charge in [-0.2, -0.15) is 4.98 Å². The molecule has 7 heteroatoms. The summed E-state index contributed by atoms with van der Waals surface area (Å²) in [6, 6.07) is 11.2. The topological polar surface area (TPSA) is 92.9 Å². The maximum absolute atomic E-state index is 12.7. The van der Waals surface area contributed by atoms with Crippen LogP contribution in [0.25, 0.3) is 11.4 Å². The van der Waals surface area contributed by atoms with Gasteiger partial charge in [-0.3, -0.25) is 4.98 Å². The number of benzene rings is 1. The van der Waals surface area contributed by atoms with E-state index in [-0.39, 0.29) is 12.1 Å². The van der Waals surface area contributed by atoms with Crippen molar-refractivity contribution in [3.63, 3.8) is 0 Å². The first-order valence-corrected chi connectivity index (χ1v) is 9.72. The van der Waals surface area contributed by atoms with E-state index in [0.717, 1.165) is 43.4 Å². The van der Waals surface area contributed by atoms with Crippen molar-refractivity contribution in [3.8, 4) is 11.4 Å². The predicted molar refractivity (Wildman–Crippen MR) is 104 cm³/mol. The van der Waals surface area contributed by atoms with Crippen LogP contribution in [0.1, 0.15) is 54.8 Å². The monoisotopic (exact) mass is 375 g/mol. The highest BCUT2D eigenvalue weighted by Crippen LogP contribution is 2.40. The molecule has 2 aromatic heterocycles. The second-order valence-electron chi connectivity index (χ2n) is 7.37. The van der Waals surface area contributed by atoms with Crippen LogP contribution in [0, 0.1) is 0 Å². The molecule has 2 aliphatic carbocycles. The summed E-state index contributed by atoms with van der Waals surface area (Å²) in [6.45, 7) is 0. The number of para-hydroxylation sites is 1. The molecule has 0 aliphatic heterocycles. The van der Waals surface area contributed by atoms with Crippen molar-refractivity contribution in [2.24, 2.45) is 0 Å². The quantitative estimate of drug-likeness (QED) is 0.713. The van der Waals surface area contributed by atoms with Gasteiger partial charge in [0.15, 0.2) is 0 Å². The lowest BCUT2D eigenvalue weighted by Gasteiger charge is -2.25. The van der Waals surface area contributed by atoms with E-state index in [0.29, 0.717) is 23.3 Å². The Morgan fingerprint density at radius 1 is 1.11 bits per heavy atom. The number of urea groups is 1. The van der Waals surface area contributed by atoms with Gasteiger partial charge in [0.1, 0.15) is 0 Å². The highest BCUT2D eigenvalue weighted by Gasteiger charge is 2.30. The summed E-state index contributed by atoms with van der Waals surface area (Å²) in [5, 5.41) is 10.1. The van der Waals surface area contributed by atoms with Crippen molar-refractivity contribution < 1.29 is 9.32 Å². The number of fused-ring (bicyclic) bond motifs is 1. The molecular weight excluding hydrogens is 354 g/mol. The molecule has 2 amide bonds. The lowest BCUT2D eigenvalue weighted by molar-refractivity contribution is 0.246. The largest absolute Gasteiger partial charge is 0.339 e. The first-order chi connectivity index (χ1) is 13.8. The van der Waals surface area contributed by atoms with E-state index in [4.69, 9.17) is 4.52 Å². The van der Waals surface area contributed by atoms with Crippen LogP contribution in [0.3, 0.4) is 0 Å². The average Bonchev–Trinajstić information content (AvgIpc) is 3.46. The maximum Gasteiger partial charge on any atom is 0.319 e. The smallest absolute Gasteiger partial charge is 0.319 e. The molecule has 0 spiro atoms. The number of carbonyl (C=O) groups is 1. The SMILES string of the molecule is O=C(Nc1ccccc1-c1noc(C2CC2)n1)N[C@H]1CCCc2cccnc21. The fourth-order valence-corrected chi connectivity index (χ4v) is 3.69. The van der Waals surface area contributed by atoms with Gasteiger partial charge in [0.25, 0.3) is 0 Å². The van der Waals surface area contributed by atoms with E-state index in [9.17, 15) is 4.79 Å². The minimum absolute atomic E-state index is 0.0799. The number of nitrogens with one attached hydrogen (secondary N) is 2. The number of anilines is 1. The zero-order valence-corrected chi connectivity index (χ0v) is 15.4. The molecule has 1 aromatic carbocycles. The fourth-order valence-electron chi connectivity index (χ4n) is 3.69. The van der Waals surface area contributed by atoms with Gasteiger partial charge >= 0.3 is 6.03 Å². The lowest BCUT2D eigenvalue weighted by atomic mass is 9.92. The lowest BCUT2D eigenvalue weighted by Crippen LogP contribution is -2.35. The summed E-state index contributed by atoms with van der Waals surface area (Å²) in [7, 11) is 0. The summed E-state index contributed by atoms with van der Waals surface area (Å²) in [5.74, 6) is 1.57. The maximum atomic E-state index is 12.7. The second kappa shape index (κ2) is 7.07. The van der Waals surface area contributed by atoms with Crippen LogP contribution in [-0.2, 0) is 6.42 Å². The Bertz CT molecular complexity index is 1010. The van der Waals surface area contributed by atoms with Crippen LogP contribution in [0.5, 0.6) is 0 Å². The minimum Gasteiger partial charge on any atom is -0.339 e. The van der Waals surface area contributed by atoms with E-state index in [1.165, 1.54) is 5.56 Å². The predicted octanol–water partition coefficient (Wildman–Crippen LogP) is 4.21. The number of pyridine rings is 1. The van der Waals surface area contributed by atoms with E-state index >= 15 is 0 Å². The summed E-state index contributed by atoms with van der Waals surface area (Å²) < 4.78 is 5.37. The first-order valence-electron chi connectivity index (χ1n) is 9.72. The van der Waals surface area contributed by atoms with Gasteiger partial charge in [0.05, 0.1) is 17.4 Å². The highest BCUT2D eigenvalue weighted by atomic mass is 16.5. The summed E-state index contributed by atoms with van der Waals surface area (Å²) in [6.07, 6.45) is 6.90. The molecule has 5 rings (SSSR count). The zero-order valence-electron chi connectivity index (χ0n) is 15.4. The van der Waals surface area contributed by atoms with E-state index < -0.39 is 0 Å². The molecule has 1 saturated carbocycles. The Morgan fingerprint density at radius 3 is 2.89 bits per heavy atom. The number of aromatic nitrogens is 3. The molecule has 28 heavy (non-hydrogen) atoms. The first kappa shape index (κ1) is 16.9. The third-order valence-corrected chi connectivity index (χ3v) is 5.28. The molecule has 0 saturated heterocycles. The minimum atomic E-state index is -0.262. The van der Waals surface area contributed by atoms with Gasteiger partial charge < -0.3 is 15.2 Å². The van der Waals surface area contributed by atoms with Crippen molar-refractivity contribution in [1.82, 2.24) is 20.4 Å². The molecule has 7 nitrogen and oxygen atoms in total. The van der Waals surface area contributed by atoms with Gasteiger partial charge in [0.2, 0.25) is 11.7 Å². The second-order valence-corrected chi connectivity index (χ2v) is 7.37. The average molecular weight is 375 g/mol. The van der Waals surface area contributed by atoms with Gasteiger partial charge in [-0.05, 0) is 55.9 Å². The van der Waals surface area contributed by atoms with Gasteiger partial charge in [-0.25, -0.2) is 4.79 Å². The molecule has 2 N–H and O–H groups in total. The summed E-state index contributed by atoms with van der Waals surface area (Å²) in [5.41, 5.74) is 3.57. The van der Waals surface area contributed by atoms with E-state index in [2.05, 4.69) is 31.8 Å². The standard InChI is InChI=1S/C21H21N5O2/c27-21(24-17-9-3-5-13-6-4-12-22-18(13)17)23-16-8-2-1-7-15(16)19-25-20(28-26-19)14-10-11-14/h1-2,4,6-8,12,14,17H,3,5,9-11H2,(H2,23,24,27)/t17-/m0/s1. The fraction of sp³-hybridized carbons (Fsp3) is 0.333. The van der Waals surface area contributed by atoms with Crippen molar-refractivity contribution >= 4 is 11.7 Å². The molecule has 0 unspecified atom stereocenters. The van der Waals surface area contributed by atoms with Gasteiger partial charge in [0, 0.05) is 17.7 Å². The number of aryl methyl sites for hydroxylation is 1. The molecule has 0 radical (unpaired) electrons. The van der Waals surface area contributed by atoms with E-state index in [1.807, 2.05) is 30.3 Å². The molecule has 142 valence electrons. The van der Waals surface area contributed by atoms with Crippen LogP contribution in [-0.4, -0.2) is 21.2 Å². The number of nitrogens with zero attached hydrogens (tertiary/aromatic N) is 3. The molecule has 1 fully saturated rings. The third-order valence-electron chi connectivity index (χ3n) is 5.28. The molecular formula is C21H21N5O2. The summed E-state index contributed by atoms with van der Waals surface area (Å²) >= 11 is 0. The van der Waals surface area contributed by atoms with Gasteiger partial charge in [-0.1, -0.05) is 23.4 Å². The Balaban J connectivity index is 1.33. The van der Waals surface area contributed by atoms with Crippen LogP contribution in [0.15, 0.2) is 47.1 Å². The van der Waals surface area contributed by atoms with Crippen LogP contribution in [0.4, 0.5) is 10.5 Å². The van der Waals surface area contributed by atoms with Crippen molar-refractivity contribution in [1.29, 1.82) is 0 Å². The molecule has 1 atom stereocenters. The zero-order chi connectivity index (χ0) is 18.9. The molecule has 0 bridgehead atoms. The molecule has 3 aromatic rings. The number of hydrogen-bond donors (Lipinski definition) is 2. The number of hydrogen-bond acceptors (Lipinski definition) is 5. The third kappa shape index (κ3) is 3.35. The Kier molecular flexibility index (Phi) is 4.27.